The molecule has 0 saturated carbocycles. The maximum absolute atomic E-state index is 13.1. The van der Waals surface area contributed by atoms with E-state index in [0.29, 0.717) is 29.5 Å². The van der Waals surface area contributed by atoms with Crippen LogP contribution in [0, 0.1) is 5.92 Å². The Hall–Kier alpha value is -3.20. The van der Waals surface area contributed by atoms with Crippen LogP contribution in [0.2, 0.25) is 0 Å². The van der Waals surface area contributed by atoms with E-state index >= 15 is 0 Å². The van der Waals surface area contributed by atoms with E-state index in [1.54, 1.807) is 4.57 Å². The summed E-state index contributed by atoms with van der Waals surface area (Å²) in [6, 6.07) is 14.8. The number of nitrogens with one attached hydrogen (secondary N) is 2. The van der Waals surface area contributed by atoms with Crippen molar-refractivity contribution in [2.75, 3.05) is 6.26 Å². The summed E-state index contributed by atoms with van der Waals surface area (Å²) in [5, 5.41) is 3.09. The van der Waals surface area contributed by atoms with Gasteiger partial charge in [0, 0.05) is 6.26 Å². The number of fused-ring (bicyclic) bond motifs is 2. The molecule has 168 valence electrons. The molecule has 0 saturated heterocycles. The summed E-state index contributed by atoms with van der Waals surface area (Å²) in [5.41, 5.74) is 3.16. The van der Waals surface area contributed by atoms with Gasteiger partial charge in [0.15, 0.2) is 9.84 Å². The van der Waals surface area contributed by atoms with Crippen LogP contribution in [0.5, 0.6) is 0 Å². The van der Waals surface area contributed by atoms with Gasteiger partial charge >= 0.3 is 0 Å². The van der Waals surface area contributed by atoms with E-state index in [2.05, 4.69) is 34.1 Å². The first-order chi connectivity index (χ1) is 15.2. The normalized spacial score (nSPS) is 13.1. The smallest absolute Gasteiger partial charge is 0.240 e. The number of amides is 1. The number of sulfone groups is 1. The number of carbonyl (C=O) groups is 1. The third-order valence-electron chi connectivity index (χ3n) is 5.21. The first-order valence-electron chi connectivity index (χ1n) is 10.6. The molecule has 1 unspecified atom stereocenters. The van der Waals surface area contributed by atoms with E-state index in [1.165, 1.54) is 0 Å². The fourth-order valence-corrected chi connectivity index (χ4v) is 4.57. The number of aromatic amines is 1. The minimum atomic E-state index is -3.31. The van der Waals surface area contributed by atoms with Crippen LogP contribution in [-0.4, -0.2) is 40.1 Å². The molecule has 9 heteroatoms. The highest BCUT2D eigenvalue weighted by Crippen LogP contribution is 2.23. The first kappa shape index (κ1) is 22.0. The number of H-pyrrole nitrogens is 1. The minimum absolute atomic E-state index is 0.0276. The van der Waals surface area contributed by atoms with Crippen molar-refractivity contribution in [2.24, 2.45) is 5.92 Å². The summed E-state index contributed by atoms with van der Waals surface area (Å²) in [7, 11) is -3.31. The largest absolute Gasteiger partial charge is 0.345 e. The Morgan fingerprint density at radius 1 is 1.06 bits per heavy atom. The average Bonchev–Trinajstić information content (AvgIpc) is 3.28. The van der Waals surface area contributed by atoms with Crippen molar-refractivity contribution in [2.45, 2.75) is 38.6 Å². The summed E-state index contributed by atoms with van der Waals surface area (Å²) in [6.07, 6.45) is 1.88. The fraction of sp³-hybridized carbons (Fsp3) is 0.348. The van der Waals surface area contributed by atoms with Crippen molar-refractivity contribution < 1.29 is 13.2 Å². The van der Waals surface area contributed by atoms with Gasteiger partial charge in [-0.15, -0.1) is 0 Å². The zero-order chi connectivity index (χ0) is 22.9. The lowest BCUT2D eigenvalue weighted by Gasteiger charge is -2.19. The predicted octanol–water partition coefficient (Wildman–Crippen LogP) is 3.36. The lowest BCUT2D eigenvalue weighted by Crippen LogP contribution is -2.33. The van der Waals surface area contributed by atoms with E-state index in [1.807, 2.05) is 48.5 Å². The van der Waals surface area contributed by atoms with Crippen molar-refractivity contribution in [1.29, 1.82) is 0 Å². The molecule has 0 fully saturated rings. The van der Waals surface area contributed by atoms with Crippen LogP contribution in [-0.2, 0) is 26.9 Å². The summed E-state index contributed by atoms with van der Waals surface area (Å²) in [5.74, 6) is 0.944. The topological polar surface area (TPSA) is 110 Å². The van der Waals surface area contributed by atoms with Gasteiger partial charge in [0.05, 0.1) is 28.1 Å². The Morgan fingerprint density at radius 3 is 2.44 bits per heavy atom. The third-order valence-corrected chi connectivity index (χ3v) is 5.99. The number of imidazole rings is 2. The van der Waals surface area contributed by atoms with Gasteiger partial charge in [-0.1, -0.05) is 38.1 Å². The summed E-state index contributed by atoms with van der Waals surface area (Å²) >= 11 is 0. The molecule has 0 aliphatic carbocycles. The number of carbonyl (C=O) groups excluding carboxylic acids is 1. The van der Waals surface area contributed by atoms with Gasteiger partial charge in [-0.3, -0.25) is 4.79 Å². The lowest BCUT2D eigenvalue weighted by atomic mass is 10.0. The SMILES string of the molecule is CC(C)CC(NC(=O)Cn1c(CS(C)(=O)=O)nc2ccccc21)c1nc2ccccc2[nH]1. The van der Waals surface area contributed by atoms with Gasteiger partial charge in [0.1, 0.15) is 23.9 Å². The van der Waals surface area contributed by atoms with E-state index in [-0.39, 0.29) is 24.2 Å². The number of aromatic nitrogens is 4. The number of hydrogen-bond donors (Lipinski definition) is 2. The molecule has 32 heavy (non-hydrogen) atoms. The van der Waals surface area contributed by atoms with Gasteiger partial charge in [-0.05, 0) is 36.6 Å². The Kier molecular flexibility index (Phi) is 6.01. The zero-order valence-corrected chi connectivity index (χ0v) is 19.2. The van der Waals surface area contributed by atoms with E-state index in [9.17, 15) is 13.2 Å². The van der Waals surface area contributed by atoms with Crippen LogP contribution < -0.4 is 5.32 Å². The lowest BCUT2D eigenvalue weighted by molar-refractivity contribution is -0.122. The number of para-hydroxylation sites is 4. The van der Waals surface area contributed by atoms with Crippen LogP contribution in [0.25, 0.3) is 22.1 Å². The van der Waals surface area contributed by atoms with E-state index in [4.69, 9.17) is 0 Å². The van der Waals surface area contributed by atoms with Crippen LogP contribution in [0.3, 0.4) is 0 Å². The molecule has 2 N–H and O–H groups in total. The van der Waals surface area contributed by atoms with Crippen LogP contribution in [0.1, 0.15) is 38.0 Å². The number of nitrogens with zero attached hydrogens (tertiary/aromatic N) is 3. The van der Waals surface area contributed by atoms with Gasteiger partial charge < -0.3 is 14.9 Å². The summed E-state index contributed by atoms with van der Waals surface area (Å²) < 4.78 is 25.5. The quantitative estimate of drug-likeness (QED) is 0.425. The third kappa shape index (κ3) is 4.99. The highest BCUT2D eigenvalue weighted by atomic mass is 32.2. The second kappa shape index (κ2) is 8.74. The second-order valence-corrected chi connectivity index (χ2v) is 10.7. The Labute approximate surface area is 187 Å². The first-order valence-corrected chi connectivity index (χ1v) is 12.6. The molecule has 0 aliphatic heterocycles. The van der Waals surface area contributed by atoms with Crippen molar-refractivity contribution in [3.63, 3.8) is 0 Å². The molecule has 0 radical (unpaired) electrons. The molecule has 1 atom stereocenters. The van der Waals surface area contributed by atoms with Crippen LogP contribution >= 0.6 is 0 Å². The van der Waals surface area contributed by atoms with Crippen molar-refractivity contribution in [1.82, 2.24) is 24.8 Å². The molecule has 0 aliphatic rings. The summed E-state index contributed by atoms with van der Waals surface area (Å²) in [4.78, 5) is 25.5. The molecular formula is C23H27N5O3S. The molecule has 2 heterocycles. The standard InChI is InChI=1S/C23H27N5O3S/c1-15(2)12-19(23-26-16-8-4-5-9-17(16)27-23)25-22(29)13-28-20-11-7-6-10-18(20)24-21(28)14-32(3,30)31/h4-11,15,19H,12-14H2,1-3H3,(H,25,29)(H,26,27). The van der Waals surface area contributed by atoms with Gasteiger partial charge in [0.2, 0.25) is 5.91 Å². The van der Waals surface area contributed by atoms with Crippen molar-refractivity contribution >= 4 is 37.8 Å². The maximum Gasteiger partial charge on any atom is 0.240 e. The fourth-order valence-electron chi connectivity index (χ4n) is 3.88. The molecular weight excluding hydrogens is 426 g/mol. The van der Waals surface area contributed by atoms with Crippen molar-refractivity contribution in [3.05, 3.63) is 60.2 Å². The van der Waals surface area contributed by atoms with Gasteiger partial charge in [0.25, 0.3) is 0 Å². The molecule has 8 nitrogen and oxygen atoms in total. The maximum atomic E-state index is 13.1. The molecule has 0 bridgehead atoms. The molecule has 0 spiro atoms. The van der Waals surface area contributed by atoms with E-state index in [0.717, 1.165) is 22.8 Å². The second-order valence-electron chi connectivity index (χ2n) is 8.56. The molecule has 4 aromatic rings. The highest BCUT2D eigenvalue weighted by molar-refractivity contribution is 7.89. The average molecular weight is 454 g/mol. The number of benzene rings is 2. The Morgan fingerprint density at radius 2 is 1.75 bits per heavy atom. The molecule has 2 aromatic heterocycles. The van der Waals surface area contributed by atoms with Crippen molar-refractivity contribution in [3.8, 4) is 0 Å². The number of hydrogen-bond acceptors (Lipinski definition) is 5. The summed E-state index contributed by atoms with van der Waals surface area (Å²) in [6.45, 7) is 4.16. The molecule has 4 rings (SSSR count). The van der Waals surface area contributed by atoms with Crippen LogP contribution in [0.15, 0.2) is 48.5 Å². The van der Waals surface area contributed by atoms with E-state index < -0.39 is 9.84 Å². The predicted molar refractivity (Wildman–Crippen MR) is 125 cm³/mol. The molecule has 2 aromatic carbocycles. The number of rotatable bonds is 8. The monoisotopic (exact) mass is 453 g/mol. The van der Waals surface area contributed by atoms with Gasteiger partial charge in [-0.25, -0.2) is 18.4 Å². The Bertz CT molecular complexity index is 1340. The van der Waals surface area contributed by atoms with Gasteiger partial charge in [-0.2, -0.15) is 0 Å². The van der Waals surface area contributed by atoms with Crippen LogP contribution in [0.4, 0.5) is 0 Å². The Balaban J connectivity index is 1.62. The zero-order valence-electron chi connectivity index (χ0n) is 18.4. The molecule has 1 amide bonds. The minimum Gasteiger partial charge on any atom is -0.345 e. The highest BCUT2D eigenvalue weighted by Gasteiger charge is 2.22.